The lowest BCUT2D eigenvalue weighted by Gasteiger charge is -2.36. The summed E-state index contributed by atoms with van der Waals surface area (Å²) in [5.41, 5.74) is 10.3. The van der Waals surface area contributed by atoms with Crippen molar-refractivity contribution in [1.29, 1.82) is 0 Å². The van der Waals surface area contributed by atoms with Gasteiger partial charge in [-0.25, -0.2) is 9.97 Å². The van der Waals surface area contributed by atoms with E-state index in [1.807, 2.05) is 50.2 Å². The highest BCUT2D eigenvalue weighted by molar-refractivity contribution is 6.01. The van der Waals surface area contributed by atoms with Gasteiger partial charge in [0.05, 0.1) is 5.39 Å². The monoisotopic (exact) mass is 483 g/mol. The molecule has 1 unspecified atom stereocenters. The van der Waals surface area contributed by atoms with Crippen LogP contribution in [-0.4, -0.2) is 27.0 Å². The fraction of sp³-hybridized carbons (Fsp3) is 0.345. The molecule has 0 radical (unpaired) electrons. The molecule has 1 aliphatic carbocycles. The summed E-state index contributed by atoms with van der Waals surface area (Å²) in [6.45, 7) is 5.21. The summed E-state index contributed by atoms with van der Waals surface area (Å²) >= 11 is 0. The number of nitrogens with one attached hydrogen (secondary N) is 1. The number of amides is 1. The Hall–Kier alpha value is -3.87. The number of anilines is 1. The summed E-state index contributed by atoms with van der Waals surface area (Å²) in [6, 6.07) is 18.5. The van der Waals surface area contributed by atoms with E-state index in [-0.39, 0.29) is 11.8 Å². The lowest BCUT2D eigenvalue weighted by Crippen LogP contribution is -2.38. The molecule has 1 fully saturated rings. The molecule has 2 heterocycles. The zero-order chi connectivity index (χ0) is 25.1. The molecule has 5 rings (SSSR count). The van der Waals surface area contributed by atoms with Crippen LogP contribution in [-0.2, 0) is 11.4 Å². The Bertz CT molecular complexity index is 1340. The Morgan fingerprint density at radius 2 is 1.86 bits per heavy atom. The molecule has 186 valence electrons. The highest BCUT2D eigenvalue weighted by Gasteiger charge is 2.33. The molecule has 36 heavy (non-hydrogen) atoms. The molecule has 7 heteroatoms. The van der Waals surface area contributed by atoms with Crippen LogP contribution < -0.4 is 15.8 Å². The van der Waals surface area contributed by atoms with E-state index in [1.54, 1.807) is 0 Å². The van der Waals surface area contributed by atoms with Crippen molar-refractivity contribution in [3.63, 3.8) is 0 Å². The third kappa shape index (κ3) is 4.78. The molecule has 2 aromatic heterocycles. The number of ether oxygens (including phenoxy) is 1. The smallest absolute Gasteiger partial charge is 0.222 e. The number of nitrogens with two attached hydrogens (primary N) is 1. The number of fused-ring (bicyclic) bond motifs is 1. The summed E-state index contributed by atoms with van der Waals surface area (Å²) in [5.74, 6) is 1.92. The van der Waals surface area contributed by atoms with Gasteiger partial charge < -0.3 is 20.4 Å². The van der Waals surface area contributed by atoms with Crippen LogP contribution in [0, 0.1) is 11.8 Å². The van der Waals surface area contributed by atoms with E-state index in [2.05, 4.69) is 44.2 Å². The maximum Gasteiger partial charge on any atom is 0.222 e. The van der Waals surface area contributed by atoms with Crippen LogP contribution in [0.1, 0.15) is 44.7 Å². The molecule has 3 N–H and O–H groups in total. The second-order valence-corrected chi connectivity index (χ2v) is 9.72. The Morgan fingerprint density at radius 3 is 2.64 bits per heavy atom. The second kappa shape index (κ2) is 10.4. The highest BCUT2D eigenvalue weighted by atomic mass is 16.5. The Balaban J connectivity index is 1.39. The number of carbonyl (C=O) groups is 1. The Labute approximate surface area is 211 Å². The standard InChI is InChI=1S/C29H33N5O2/c1-3-19(2)29(35)31-15-21-13-22(14-21)34-16-24(26-27(30)32-18-33-28(26)34)23-11-7-8-12-25(23)36-17-20-9-5-4-6-10-20/h4-12,16,18-19,21-22H,3,13-15,17H2,1-2H3,(H,31,35)(H2,30,32,33). The Morgan fingerprint density at radius 1 is 1.11 bits per heavy atom. The van der Waals surface area contributed by atoms with Crippen molar-refractivity contribution in [1.82, 2.24) is 19.9 Å². The van der Waals surface area contributed by atoms with Gasteiger partial charge in [0.25, 0.3) is 0 Å². The minimum Gasteiger partial charge on any atom is -0.488 e. The van der Waals surface area contributed by atoms with Crippen LogP contribution in [0.15, 0.2) is 67.1 Å². The number of benzene rings is 2. The first kappa shape index (κ1) is 23.9. The van der Waals surface area contributed by atoms with Crippen molar-refractivity contribution in [2.75, 3.05) is 12.3 Å². The fourth-order valence-electron chi connectivity index (χ4n) is 4.84. The number of nitrogen functional groups attached to an aromatic ring is 1. The van der Waals surface area contributed by atoms with Gasteiger partial charge in [0, 0.05) is 35.8 Å². The number of hydrogen-bond donors (Lipinski definition) is 2. The van der Waals surface area contributed by atoms with Gasteiger partial charge >= 0.3 is 0 Å². The van der Waals surface area contributed by atoms with E-state index >= 15 is 0 Å². The topological polar surface area (TPSA) is 95.1 Å². The molecule has 0 bridgehead atoms. The van der Waals surface area contributed by atoms with Crippen molar-refractivity contribution in [3.8, 4) is 16.9 Å². The van der Waals surface area contributed by atoms with Gasteiger partial charge in [-0.3, -0.25) is 4.79 Å². The van der Waals surface area contributed by atoms with Gasteiger partial charge in [-0.1, -0.05) is 62.4 Å². The predicted octanol–water partition coefficient (Wildman–Crippen LogP) is 5.37. The molecule has 1 aliphatic rings. The summed E-state index contributed by atoms with van der Waals surface area (Å²) in [6.07, 6.45) is 6.49. The minimum absolute atomic E-state index is 0.0562. The molecule has 2 aromatic carbocycles. The van der Waals surface area contributed by atoms with Crippen LogP contribution in [0.4, 0.5) is 5.82 Å². The van der Waals surface area contributed by atoms with Crippen molar-refractivity contribution in [2.24, 2.45) is 11.8 Å². The lowest BCUT2D eigenvalue weighted by atomic mass is 9.80. The maximum absolute atomic E-state index is 12.2. The molecule has 4 aromatic rings. The molecule has 0 aliphatic heterocycles. The van der Waals surface area contributed by atoms with Gasteiger partial charge in [-0.05, 0) is 36.8 Å². The second-order valence-electron chi connectivity index (χ2n) is 9.72. The molecule has 0 saturated heterocycles. The first-order valence-corrected chi connectivity index (χ1v) is 12.7. The number of nitrogens with zero attached hydrogens (tertiary/aromatic N) is 3. The average molecular weight is 484 g/mol. The van der Waals surface area contributed by atoms with Crippen molar-refractivity contribution in [3.05, 3.63) is 72.7 Å². The van der Waals surface area contributed by atoms with E-state index in [0.717, 1.165) is 59.3 Å². The van der Waals surface area contributed by atoms with E-state index in [0.29, 0.717) is 24.4 Å². The highest BCUT2D eigenvalue weighted by Crippen LogP contribution is 2.44. The largest absolute Gasteiger partial charge is 0.488 e. The van der Waals surface area contributed by atoms with Crippen molar-refractivity contribution < 1.29 is 9.53 Å². The lowest BCUT2D eigenvalue weighted by molar-refractivity contribution is -0.124. The number of aromatic nitrogens is 3. The van der Waals surface area contributed by atoms with Gasteiger partial charge in [-0.15, -0.1) is 0 Å². The number of para-hydroxylation sites is 1. The minimum atomic E-state index is 0.0562. The zero-order valence-corrected chi connectivity index (χ0v) is 20.9. The van der Waals surface area contributed by atoms with Crippen LogP contribution >= 0.6 is 0 Å². The van der Waals surface area contributed by atoms with Gasteiger partial charge in [0.15, 0.2) is 0 Å². The number of hydrogen-bond acceptors (Lipinski definition) is 5. The van der Waals surface area contributed by atoms with E-state index in [9.17, 15) is 4.79 Å². The van der Waals surface area contributed by atoms with Gasteiger partial charge in [-0.2, -0.15) is 0 Å². The van der Waals surface area contributed by atoms with E-state index in [1.165, 1.54) is 6.33 Å². The summed E-state index contributed by atoms with van der Waals surface area (Å²) in [7, 11) is 0. The van der Waals surface area contributed by atoms with Crippen LogP contribution in [0.25, 0.3) is 22.2 Å². The average Bonchev–Trinajstić information content (AvgIpc) is 3.27. The normalized spacial score (nSPS) is 17.9. The molecular formula is C29H33N5O2. The van der Waals surface area contributed by atoms with Crippen molar-refractivity contribution >= 4 is 22.8 Å². The van der Waals surface area contributed by atoms with Crippen molar-refractivity contribution in [2.45, 2.75) is 45.8 Å². The zero-order valence-electron chi connectivity index (χ0n) is 20.9. The predicted molar refractivity (Wildman–Crippen MR) is 142 cm³/mol. The molecule has 0 spiro atoms. The number of carbonyl (C=O) groups excluding carboxylic acids is 1. The molecule has 1 amide bonds. The first-order chi connectivity index (χ1) is 17.5. The first-order valence-electron chi connectivity index (χ1n) is 12.7. The molecule has 1 saturated carbocycles. The quantitative estimate of drug-likeness (QED) is 0.334. The Kier molecular flexibility index (Phi) is 6.89. The summed E-state index contributed by atoms with van der Waals surface area (Å²) in [5, 5.41) is 3.96. The van der Waals surface area contributed by atoms with Gasteiger partial charge in [0.2, 0.25) is 5.91 Å². The summed E-state index contributed by atoms with van der Waals surface area (Å²) < 4.78 is 8.47. The maximum atomic E-state index is 12.2. The van der Waals surface area contributed by atoms with Gasteiger partial charge in [0.1, 0.15) is 30.1 Å². The third-order valence-electron chi connectivity index (χ3n) is 7.28. The molecule has 1 atom stereocenters. The van der Waals surface area contributed by atoms with Crippen LogP contribution in [0.5, 0.6) is 5.75 Å². The van der Waals surface area contributed by atoms with E-state index < -0.39 is 0 Å². The number of rotatable bonds is 9. The fourth-order valence-corrected chi connectivity index (χ4v) is 4.84. The summed E-state index contributed by atoms with van der Waals surface area (Å²) in [4.78, 5) is 21.1. The van der Waals surface area contributed by atoms with Crippen LogP contribution in [0.2, 0.25) is 0 Å². The third-order valence-corrected chi connectivity index (χ3v) is 7.28. The SMILES string of the molecule is CCC(C)C(=O)NCC1CC(n2cc(-c3ccccc3OCc3ccccc3)c3c(N)ncnc32)C1. The van der Waals surface area contributed by atoms with E-state index in [4.69, 9.17) is 10.5 Å². The molecule has 7 nitrogen and oxygen atoms in total. The van der Waals surface area contributed by atoms with Crippen LogP contribution in [0.3, 0.4) is 0 Å². The molecular weight excluding hydrogens is 450 g/mol.